The van der Waals surface area contributed by atoms with Crippen LogP contribution in [0.15, 0.2) is 30.3 Å². The molecule has 1 aromatic rings. The van der Waals surface area contributed by atoms with E-state index in [9.17, 15) is 9.59 Å². The van der Waals surface area contributed by atoms with Gasteiger partial charge in [0, 0.05) is 57.9 Å². The van der Waals surface area contributed by atoms with Crippen LogP contribution in [-0.2, 0) is 9.53 Å². The van der Waals surface area contributed by atoms with Crippen LogP contribution in [0.4, 0.5) is 0 Å². The van der Waals surface area contributed by atoms with Gasteiger partial charge in [-0.3, -0.25) is 14.5 Å². The minimum atomic E-state index is -0.130. The fourth-order valence-corrected chi connectivity index (χ4v) is 3.39. The summed E-state index contributed by atoms with van der Waals surface area (Å²) in [6.45, 7) is 5.58. The van der Waals surface area contributed by atoms with Crippen molar-refractivity contribution in [2.24, 2.45) is 0 Å². The molecule has 1 aromatic carbocycles. The third-order valence-corrected chi connectivity index (χ3v) is 4.87. The number of nitrogens with zero attached hydrogens (tertiary/aromatic N) is 2. The number of hydrogen-bond acceptors (Lipinski definition) is 4. The van der Waals surface area contributed by atoms with Crippen molar-refractivity contribution < 1.29 is 14.3 Å². The van der Waals surface area contributed by atoms with Gasteiger partial charge in [0.05, 0.1) is 6.10 Å². The summed E-state index contributed by atoms with van der Waals surface area (Å²) in [7, 11) is 0. The largest absolute Gasteiger partial charge is 0.377 e. The van der Waals surface area contributed by atoms with Crippen molar-refractivity contribution in [3.05, 3.63) is 35.9 Å². The van der Waals surface area contributed by atoms with E-state index in [4.69, 9.17) is 4.74 Å². The summed E-state index contributed by atoms with van der Waals surface area (Å²) >= 11 is 0. The van der Waals surface area contributed by atoms with Gasteiger partial charge in [0.15, 0.2) is 0 Å². The Balaban J connectivity index is 1.33. The van der Waals surface area contributed by atoms with E-state index in [-0.39, 0.29) is 11.8 Å². The van der Waals surface area contributed by atoms with Crippen molar-refractivity contribution in [2.75, 3.05) is 45.9 Å². The molecule has 1 unspecified atom stereocenters. The lowest BCUT2D eigenvalue weighted by Crippen LogP contribution is -2.50. The van der Waals surface area contributed by atoms with Crippen molar-refractivity contribution in [1.29, 1.82) is 0 Å². The maximum absolute atomic E-state index is 12.3. The number of rotatable bonds is 6. The number of nitrogens with one attached hydrogen (secondary N) is 1. The molecule has 1 atom stereocenters. The summed E-state index contributed by atoms with van der Waals surface area (Å²) in [5.74, 6) is -0.0140. The molecule has 1 N–H and O–H groups in total. The fourth-order valence-electron chi connectivity index (χ4n) is 3.39. The van der Waals surface area contributed by atoms with E-state index < -0.39 is 0 Å². The number of carbonyl (C=O) groups is 2. The quantitative estimate of drug-likeness (QED) is 0.840. The molecular weight excluding hydrogens is 318 g/mol. The van der Waals surface area contributed by atoms with Gasteiger partial charge in [-0.1, -0.05) is 18.2 Å². The van der Waals surface area contributed by atoms with Crippen LogP contribution in [0, 0.1) is 0 Å². The average molecular weight is 345 g/mol. The zero-order chi connectivity index (χ0) is 17.5. The predicted molar refractivity (Wildman–Crippen MR) is 95.4 cm³/mol. The summed E-state index contributed by atoms with van der Waals surface area (Å²) in [5.41, 5.74) is 0.623. The SMILES string of the molecule is O=C(NCCC(=O)N1CCN(CC2CCCO2)CC1)c1ccccc1. The molecule has 25 heavy (non-hydrogen) atoms. The molecule has 0 saturated carbocycles. The molecule has 2 saturated heterocycles. The molecule has 2 aliphatic heterocycles. The summed E-state index contributed by atoms with van der Waals surface area (Å²) in [4.78, 5) is 28.5. The van der Waals surface area contributed by atoms with E-state index in [1.165, 1.54) is 0 Å². The Bertz CT molecular complexity index is 565. The number of piperazine rings is 1. The third-order valence-electron chi connectivity index (χ3n) is 4.87. The molecule has 0 spiro atoms. The Morgan fingerprint density at radius 2 is 1.88 bits per heavy atom. The van der Waals surface area contributed by atoms with Crippen LogP contribution in [0.3, 0.4) is 0 Å². The van der Waals surface area contributed by atoms with Gasteiger partial charge in [-0.15, -0.1) is 0 Å². The monoisotopic (exact) mass is 345 g/mol. The van der Waals surface area contributed by atoms with E-state index >= 15 is 0 Å². The van der Waals surface area contributed by atoms with Crippen molar-refractivity contribution in [1.82, 2.24) is 15.1 Å². The average Bonchev–Trinajstić information content (AvgIpc) is 3.16. The van der Waals surface area contributed by atoms with E-state index in [1.54, 1.807) is 12.1 Å². The smallest absolute Gasteiger partial charge is 0.251 e. The van der Waals surface area contributed by atoms with E-state index in [0.29, 0.717) is 24.6 Å². The van der Waals surface area contributed by atoms with Crippen molar-refractivity contribution in [3.8, 4) is 0 Å². The molecular formula is C19H27N3O3. The Labute approximate surface area is 149 Å². The summed E-state index contributed by atoms with van der Waals surface area (Å²) in [5, 5.41) is 2.81. The van der Waals surface area contributed by atoms with E-state index in [2.05, 4.69) is 10.2 Å². The standard InChI is InChI=1S/C19H27N3O3/c23-18(8-9-20-19(24)16-5-2-1-3-6-16)22-12-10-21(11-13-22)15-17-7-4-14-25-17/h1-3,5-6,17H,4,7-15H2,(H,20,24). The maximum Gasteiger partial charge on any atom is 0.251 e. The lowest BCUT2D eigenvalue weighted by molar-refractivity contribution is -0.132. The molecule has 2 fully saturated rings. The first-order valence-corrected chi connectivity index (χ1v) is 9.17. The molecule has 0 aromatic heterocycles. The number of ether oxygens (including phenoxy) is 1. The number of hydrogen-bond donors (Lipinski definition) is 1. The Morgan fingerprint density at radius 1 is 1.12 bits per heavy atom. The molecule has 2 amide bonds. The lowest BCUT2D eigenvalue weighted by Gasteiger charge is -2.35. The lowest BCUT2D eigenvalue weighted by atomic mass is 10.2. The van der Waals surface area contributed by atoms with Gasteiger partial charge >= 0.3 is 0 Å². The van der Waals surface area contributed by atoms with Gasteiger partial charge in [-0.05, 0) is 25.0 Å². The van der Waals surface area contributed by atoms with Crippen LogP contribution in [0.1, 0.15) is 29.6 Å². The van der Waals surface area contributed by atoms with Crippen molar-refractivity contribution in [2.45, 2.75) is 25.4 Å². The van der Waals surface area contributed by atoms with Gasteiger partial charge in [0.25, 0.3) is 5.91 Å². The highest BCUT2D eigenvalue weighted by Crippen LogP contribution is 2.14. The topological polar surface area (TPSA) is 61.9 Å². The second kappa shape index (κ2) is 8.97. The zero-order valence-electron chi connectivity index (χ0n) is 14.7. The Kier molecular flexibility index (Phi) is 6.42. The maximum atomic E-state index is 12.3. The molecule has 136 valence electrons. The van der Waals surface area contributed by atoms with Crippen LogP contribution < -0.4 is 5.32 Å². The van der Waals surface area contributed by atoms with Gasteiger partial charge < -0.3 is 15.0 Å². The van der Waals surface area contributed by atoms with Gasteiger partial charge in [0.1, 0.15) is 0 Å². The van der Waals surface area contributed by atoms with Crippen molar-refractivity contribution >= 4 is 11.8 Å². The summed E-state index contributed by atoms with van der Waals surface area (Å²) in [6.07, 6.45) is 3.04. The number of carbonyl (C=O) groups excluding carboxylic acids is 2. The first-order valence-electron chi connectivity index (χ1n) is 9.17. The molecule has 0 bridgehead atoms. The van der Waals surface area contributed by atoms with Crippen LogP contribution in [0.25, 0.3) is 0 Å². The highest BCUT2D eigenvalue weighted by atomic mass is 16.5. The van der Waals surface area contributed by atoms with E-state index in [1.807, 2.05) is 23.1 Å². The molecule has 6 heteroatoms. The van der Waals surface area contributed by atoms with Gasteiger partial charge in [-0.25, -0.2) is 0 Å². The minimum Gasteiger partial charge on any atom is -0.377 e. The Morgan fingerprint density at radius 3 is 2.56 bits per heavy atom. The first kappa shape index (κ1) is 17.9. The highest BCUT2D eigenvalue weighted by molar-refractivity contribution is 5.94. The zero-order valence-corrected chi connectivity index (χ0v) is 14.7. The summed E-state index contributed by atoms with van der Waals surface area (Å²) in [6, 6.07) is 9.07. The van der Waals surface area contributed by atoms with Gasteiger partial charge in [-0.2, -0.15) is 0 Å². The molecule has 0 aliphatic carbocycles. The third kappa shape index (κ3) is 5.28. The molecule has 0 radical (unpaired) electrons. The van der Waals surface area contributed by atoms with Crippen LogP contribution >= 0.6 is 0 Å². The molecule has 2 heterocycles. The minimum absolute atomic E-state index is 0.116. The first-order chi connectivity index (χ1) is 12.2. The van der Waals surface area contributed by atoms with E-state index in [0.717, 1.165) is 52.2 Å². The molecule has 3 rings (SSSR count). The molecule has 6 nitrogen and oxygen atoms in total. The second-order valence-electron chi connectivity index (χ2n) is 6.69. The van der Waals surface area contributed by atoms with Crippen LogP contribution in [0.2, 0.25) is 0 Å². The summed E-state index contributed by atoms with van der Waals surface area (Å²) < 4.78 is 5.68. The number of benzene rings is 1. The Hall–Kier alpha value is -1.92. The fraction of sp³-hybridized carbons (Fsp3) is 0.579. The predicted octanol–water partition coefficient (Wildman–Crippen LogP) is 1.13. The normalized spacial score (nSPS) is 21.3. The highest BCUT2D eigenvalue weighted by Gasteiger charge is 2.24. The van der Waals surface area contributed by atoms with Crippen LogP contribution in [-0.4, -0.2) is 73.6 Å². The van der Waals surface area contributed by atoms with Gasteiger partial charge in [0.2, 0.25) is 5.91 Å². The van der Waals surface area contributed by atoms with Crippen molar-refractivity contribution in [3.63, 3.8) is 0 Å². The molecule has 2 aliphatic rings. The van der Waals surface area contributed by atoms with Crippen LogP contribution in [0.5, 0.6) is 0 Å². The number of amides is 2. The second-order valence-corrected chi connectivity index (χ2v) is 6.69.